The van der Waals surface area contributed by atoms with Crippen molar-refractivity contribution in [2.24, 2.45) is 5.73 Å². The second-order valence-electron chi connectivity index (χ2n) is 4.20. The maximum absolute atomic E-state index is 12.2. The van der Waals surface area contributed by atoms with Gasteiger partial charge in [-0.1, -0.05) is 0 Å². The summed E-state index contributed by atoms with van der Waals surface area (Å²) in [5, 5.41) is 2.74. The molecular weight excluding hydrogens is 297 g/mol. The molecule has 9 heteroatoms. The van der Waals surface area contributed by atoms with Crippen molar-refractivity contribution in [1.29, 1.82) is 0 Å². The predicted octanol–water partition coefficient (Wildman–Crippen LogP) is 0.131. The fourth-order valence-corrected chi connectivity index (χ4v) is 2.94. The van der Waals surface area contributed by atoms with Crippen LogP contribution in [-0.2, 0) is 23.6 Å². The topological polar surface area (TPSA) is 111 Å². The Morgan fingerprint density at radius 2 is 1.90 bits per heavy atom. The van der Waals surface area contributed by atoms with Crippen LogP contribution in [0.5, 0.6) is 0 Å². The summed E-state index contributed by atoms with van der Waals surface area (Å²) in [6, 6.07) is -0.657. The van der Waals surface area contributed by atoms with Crippen LogP contribution in [0.2, 0.25) is 0 Å². The summed E-state index contributed by atoms with van der Waals surface area (Å²) in [6.07, 6.45) is 0.120. The molecule has 0 aromatic heterocycles. The number of carbonyl (C=O) groups excluding carboxylic acids is 2. The number of carbonyl (C=O) groups is 2. The molecule has 0 radical (unpaired) electrons. The first-order valence-corrected chi connectivity index (χ1v) is 8.40. The third-order valence-corrected chi connectivity index (χ3v) is 4.32. The quantitative estimate of drug-likeness (QED) is 0.408. The van der Waals surface area contributed by atoms with Gasteiger partial charge in [0.1, 0.15) is 6.04 Å². The maximum atomic E-state index is 12.2. The Morgan fingerprint density at radius 1 is 1.29 bits per heavy atom. The van der Waals surface area contributed by atoms with E-state index in [9.17, 15) is 14.2 Å². The molecule has 0 amide bonds. The summed E-state index contributed by atoms with van der Waals surface area (Å²) in [5.41, 5.74) is 5.48. The van der Waals surface area contributed by atoms with E-state index in [0.29, 0.717) is 13.2 Å². The van der Waals surface area contributed by atoms with E-state index >= 15 is 0 Å². The molecule has 0 aliphatic rings. The SMILES string of the molecule is CCOC(=O)CCN[PH](=O)N(CCN)C(C)C(=O)OCC. The molecule has 0 bridgehead atoms. The molecule has 0 saturated heterocycles. The van der Waals surface area contributed by atoms with Crippen LogP contribution in [0.4, 0.5) is 0 Å². The smallest absolute Gasteiger partial charge is 0.323 e. The van der Waals surface area contributed by atoms with Crippen molar-refractivity contribution in [3.05, 3.63) is 0 Å². The first kappa shape index (κ1) is 20.1. The number of hydrogen-bond donors (Lipinski definition) is 2. The van der Waals surface area contributed by atoms with E-state index in [1.54, 1.807) is 20.8 Å². The summed E-state index contributed by atoms with van der Waals surface area (Å²) < 4.78 is 23.4. The normalized spacial score (nSPS) is 13.8. The van der Waals surface area contributed by atoms with Gasteiger partial charge < -0.3 is 15.2 Å². The van der Waals surface area contributed by atoms with Gasteiger partial charge in [0.25, 0.3) is 0 Å². The lowest BCUT2D eigenvalue weighted by molar-refractivity contribution is -0.147. The van der Waals surface area contributed by atoms with Crippen LogP contribution in [0.3, 0.4) is 0 Å². The van der Waals surface area contributed by atoms with Gasteiger partial charge in [0.15, 0.2) is 0 Å². The molecule has 2 unspecified atom stereocenters. The molecule has 0 heterocycles. The molecule has 124 valence electrons. The molecule has 0 spiro atoms. The van der Waals surface area contributed by atoms with Gasteiger partial charge in [-0.3, -0.25) is 19.2 Å². The molecule has 0 aromatic carbocycles. The van der Waals surface area contributed by atoms with Crippen LogP contribution in [0.1, 0.15) is 27.2 Å². The van der Waals surface area contributed by atoms with E-state index in [-0.39, 0.29) is 32.1 Å². The van der Waals surface area contributed by atoms with Gasteiger partial charge in [0.2, 0.25) is 8.10 Å². The Morgan fingerprint density at radius 3 is 2.43 bits per heavy atom. The van der Waals surface area contributed by atoms with Crippen molar-refractivity contribution in [2.75, 3.05) is 32.8 Å². The number of rotatable bonds is 11. The maximum Gasteiger partial charge on any atom is 0.323 e. The average Bonchev–Trinajstić information content (AvgIpc) is 2.44. The highest BCUT2D eigenvalue weighted by Gasteiger charge is 2.25. The first-order chi connectivity index (χ1) is 9.97. The fourth-order valence-electron chi connectivity index (χ4n) is 1.61. The van der Waals surface area contributed by atoms with Crippen molar-refractivity contribution in [2.45, 2.75) is 33.2 Å². The van der Waals surface area contributed by atoms with E-state index < -0.39 is 20.1 Å². The highest BCUT2D eigenvalue weighted by Crippen LogP contribution is 2.25. The van der Waals surface area contributed by atoms with Gasteiger partial charge in [-0.05, 0) is 20.8 Å². The number of nitrogens with zero attached hydrogens (tertiary/aromatic N) is 1. The number of ether oxygens (including phenoxy) is 2. The van der Waals surface area contributed by atoms with Crippen LogP contribution >= 0.6 is 8.10 Å². The van der Waals surface area contributed by atoms with E-state index in [1.807, 2.05) is 0 Å². The number of nitrogens with two attached hydrogens (primary N) is 1. The first-order valence-electron chi connectivity index (χ1n) is 7.04. The molecule has 0 fully saturated rings. The van der Waals surface area contributed by atoms with Gasteiger partial charge >= 0.3 is 11.9 Å². The molecule has 0 rings (SSSR count). The van der Waals surface area contributed by atoms with E-state index in [4.69, 9.17) is 15.2 Å². The van der Waals surface area contributed by atoms with Gasteiger partial charge in [0, 0.05) is 19.6 Å². The molecule has 0 saturated carbocycles. The van der Waals surface area contributed by atoms with Crippen LogP contribution in [0, 0.1) is 0 Å². The number of nitrogens with one attached hydrogen (secondary N) is 1. The minimum absolute atomic E-state index is 0.120. The Kier molecular flexibility index (Phi) is 11.2. The van der Waals surface area contributed by atoms with Crippen LogP contribution in [0.15, 0.2) is 0 Å². The zero-order valence-corrected chi connectivity index (χ0v) is 13.9. The second-order valence-corrected chi connectivity index (χ2v) is 5.74. The average molecular weight is 323 g/mol. The minimum Gasteiger partial charge on any atom is -0.466 e. The van der Waals surface area contributed by atoms with Crippen molar-refractivity contribution >= 4 is 20.0 Å². The summed E-state index contributed by atoms with van der Waals surface area (Å²) in [4.78, 5) is 22.9. The number of hydrogen-bond acceptors (Lipinski definition) is 6. The molecule has 0 aliphatic carbocycles. The molecule has 3 N–H and O–H groups in total. The van der Waals surface area contributed by atoms with Crippen molar-refractivity contribution in [3.63, 3.8) is 0 Å². The lowest BCUT2D eigenvalue weighted by atomic mass is 10.3. The summed E-state index contributed by atoms with van der Waals surface area (Å²) in [5.74, 6) is -0.805. The van der Waals surface area contributed by atoms with Crippen molar-refractivity contribution in [3.8, 4) is 0 Å². The lowest BCUT2D eigenvalue weighted by Crippen LogP contribution is -2.40. The van der Waals surface area contributed by atoms with E-state index in [0.717, 1.165) is 0 Å². The van der Waals surface area contributed by atoms with Gasteiger partial charge in [-0.2, -0.15) is 0 Å². The summed E-state index contributed by atoms with van der Waals surface area (Å²) in [7, 11) is -2.42. The predicted molar refractivity (Wildman–Crippen MR) is 80.1 cm³/mol. The van der Waals surface area contributed by atoms with Gasteiger partial charge in [-0.15, -0.1) is 0 Å². The Labute approximate surface area is 126 Å². The second kappa shape index (κ2) is 11.7. The minimum atomic E-state index is -2.42. The largest absolute Gasteiger partial charge is 0.466 e. The van der Waals surface area contributed by atoms with Gasteiger partial charge in [-0.25, -0.2) is 4.67 Å². The van der Waals surface area contributed by atoms with Crippen LogP contribution in [-0.4, -0.2) is 55.5 Å². The monoisotopic (exact) mass is 323 g/mol. The zero-order chi connectivity index (χ0) is 16.3. The van der Waals surface area contributed by atoms with Crippen LogP contribution < -0.4 is 10.8 Å². The Hall–Kier alpha value is -0.950. The molecule has 0 aliphatic heterocycles. The van der Waals surface area contributed by atoms with Crippen LogP contribution in [0.25, 0.3) is 0 Å². The fraction of sp³-hybridized carbons (Fsp3) is 0.833. The van der Waals surface area contributed by atoms with Gasteiger partial charge in [0.05, 0.1) is 19.6 Å². The zero-order valence-electron chi connectivity index (χ0n) is 12.9. The Bertz CT molecular complexity index is 354. The lowest BCUT2D eigenvalue weighted by Gasteiger charge is -2.26. The highest BCUT2D eigenvalue weighted by molar-refractivity contribution is 7.39. The molecule has 0 aromatic rings. The molecule has 21 heavy (non-hydrogen) atoms. The molecule has 2 atom stereocenters. The molecule has 8 nitrogen and oxygen atoms in total. The van der Waals surface area contributed by atoms with Crippen molar-refractivity contribution in [1.82, 2.24) is 9.76 Å². The summed E-state index contributed by atoms with van der Waals surface area (Å²) >= 11 is 0. The standard InChI is InChI=1S/C12H26N3O5P/c1-4-19-11(16)6-8-14-21(18)15(9-7-13)10(3)12(17)20-5-2/h10,21H,4-9,13H2,1-3H3,(H,14,18). The number of esters is 2. The third-order valence-electron chi connectivity index (χ3n) is 2.64. The van der Waals surface area contributed by atoms with E-state index in [1.165, 1.54) is 4.67 Å². The third kappa shape index (κ3) is 8.16. The highest BCUT2D eigenvalue weighted by atomic mass is 31.1. The van der Waals surface area contributed by atoms with E-state index in [2.05, 4.69) is 5.09 Å². The molecular formula is C12H26N3O5P. The Balaban J connectivity index is 4.41. The van der Waals surface area contributed by atoms with Crippen molar-refractivity contribution < 1.29 is 23.6 Å². The summed E-state index contributed by atoms with van der Waals surface area (Å²) in [6.45, 7) is 6.39.